The van der Waals surface area contributed by atoms with Crippen LogP contribution in [-0.4, -0.2) is 34.7 Å². The highest BCUT2D eigenvalue weighted by atomic mass is 32.1. The van der Waals surface area contributed by atoms with Crippen LogP contribution in [0.15, 0.2) is 18.2 Å². The lowest BCUT2D eigenvalue weighted by atomic mass is 10.1. The summed E-state index contributed by atoms with van der Waals surface area (Å²) in [5, 5.41) is 2.61. The van der Waals surface area contributed by atoms with Gasteiger partial charge in [-0.2, -0.15) is 0 Å². The van der Waals surface area contributed by atoms with E-state index in [1.165, 1.54) is 19.2 Å². The maximum Gasteiger partial charge on any atom is 0.261 e. The predicted octanol–water partition coefficient (Wildman–Crippen LogP) is 0.773. The van der Waals surface area contributed by atoms with Gasteiger partial charge < -0.3 is 11.1 Å². The molecular formula is C13H13N3O3S. The summed E-state index contributed by atoms with van der Waals surface area (Å²) in [6, 6.07) is 4.55. The number of thiocarbonyl (C=S) groups is 1. The van der Waals surface area contributed by atoms with E-state index in [2.05, 4.69) is 5.32 Å². The van der Waals surface area contributed by atoms with Crippen LogP contribution in [0.1, 0.15) is 27.6 Å². The molecule has 0 aliphatic carbocycles. The second kappa shape index (κ2) is 5.01. The minimum absolute atomic E-state index is 0.0923. The SMILES string of the molecule is CC(C(=O)Nc1ccc2c(c1)C(=O)N(C)C2=O)C(N)=S. The highest BCUT2D eigenvalue weighted by Crippen LogP contribution is 2.24. The van der Waals surface area contributed by atoms with Gasteiger partial charge in [0.15, 0.2) is 0 Å². The van der Waals surface area contributed by atoms with Gasteiger partial charge in [0.2, 0.25) is 5.91 Å². The van der Waals surface area contributed by atoms with Crippen LogP contribution in [0.25, 0.3) is 0 Å². The number of hydrogen-bond acceptors (Lipinski definition) is 4. The maximum absolute atomic E-state index is 11.8. The molecule has 104 valence electrons. The Kier molecular flexibility index (Phi) is 3.54. The van der Waals surface area contributed by atoms with Gasteiger partial charge in [0.25, 0.3) is 11.8 Å². The van der Waals surface area contributed by atoms with Gasteiger partial charge in [0, 0.05) is 12.7 Å². The van der Waals surface area contributed by atoms with Crippen molar-refractivity contribution < 1.29 is 14.4 Å². The van der Waals surface area contributed by atoms with Gasteiger partial charge in [0.1, 0.15) is 0 Å². The van der Waals surface area contributed by atoms with E-state index in [1.54, 1.807) is 13.0 Å². The first-order valence-electron chi connectivity index (χ1n) is 5.89. The smallest absolute Gasteiger partial charge is 0.261 e. The van der Waals surface area contributed by atoms with Crippen LogP contribution in [0.3, 0.4) is 0 Å². The van der Waals surface area contributed by atoms with E-state index in [-0.39, 0.29) is 28.3 Å². The fourth-order valence-electron chi connectivity index (χ4n) is 1.82. The zero-order valence-corrected chi connectivity index (χ0v) is 11.8. The Morgan fingerprint density at radius 2 is 1.90 bits per heavy atom. The van der Waals surface area contributed by atoms with Crippen LogP contribution >= 0.6 is 12.2 Å². The zero-order valence-electron chi connectivity index (χ0n) is 11.0. The largest absolute Gasteiger partial charge is 0.393 e. The van der Waals surface area contributed by atoms with E-state index in [4.69, 9.17) is 18.0 Å². The van der Waals surface area contributed by atoms with E-state index in [0.29, 0.717) is 11.3 Å². The normalized spacial score (nSPS) is 15.0. The van der Waals surface area contributed by atoms with Crippen molar-refractivity contribution >= 4 is 40.6 Å². The molecule has 0 spiro atoms. The van der Waals surface area contributed by atoms with E-state index in [9.17, 15) is 14.4 Å². The predicted molar refractivity (Wildman–Crippen MR) is 77.4 cm³/mol. The summed E-state index contributed by atoms with van der Waals surface area (Å²) in [5.74, 6) is -1.70. The molecule has 7 heteroatoms. The number of nitrogens with two attached hydrogens (primary N) is 1. The Labute approximate surface area is 120 Å². The van der Waals surface area contributed by atoms with Crippen LogP contribution in [0, 0.1) is 5.92 Å². The molecule has 1 aromatic rings. The molecule has 20 heavy (non-hydrogen) atoms. The van der Waals surface area contributed by atoms with Gasteiger partial charge in [-0.1, -0.05) is 12.2 Å². The minimum atomic E-state index is -0.613. The zero-order chi connectivity index (χ0) is 15.0. The quantitative estimate of drug-likeness (QED) is 0.634. The summed E-state index contributed by atoms with van der Waals surface area (Å²) < 4.78 is 0. The summed E-state index contributed by atoms with van der Waals surface area (Å²) in [5.41, 5.74) is 6.44. The van der Waals surface area contributed by atoms with Crippen molar-refractivity contribution in [2.75, 3.05) is 12.4 Å². The standard InChI is InChI=1S/C13H13N3O3S/c1-6(10(14)20)11(17)15-7-3-4-8-9(5-7)13(19)16(2)12(8)18/h3-6H,1-2H3,(H2,14,20)(H,15,17). The number of benzene rings is 1. The number of imide groups is 1. The van der Waals surface area contributed by atoms with E-state index in [1.807, 2.05) is 0 Å². The molecule has 0 aromatic heterocycles. The van der Waals surface area contributed by atoms with Crippen molar-refractivity contribution in [2.24, 2.45) is 11.7 Å². The van der Waals surface area contributed by atoms with E-state index >= 15 is 0 Å². The molecule has 0 saturated carbocycles. The lowest BCUT2D eigenvalue weighted by Gasteiger charge is -2.11. The summed E-state index contributed by atoms with van der Waals surface area (Å²) in [6.45, 7) is 1.59. The number of amides is 3. The van der Waals surface area contributed by atoms with Crippen molar-refractivity contribution in [3.05, 3.63) is 29.3 Å². The Balaban J connectivity index is 2.26. The van der Waals surface area contributed by atoms with E-state index < -0.39 is 5.92 Å². The molecule has 1 atom stereocenters. The molecule has 0 fully saturated rings. The first-order chi connectivity index (χ1) is 9.32. The topological polar surface area (TPSA) is 92.5 Å². The van der Waals surface area contributed by atoms with Gasteiger partial charge >= 0.3 is 0 Å². The second-order valence-electron chi connectivity index (χ2n) is 4.54. The van der Waals surface area contributed by atoms with Crippen molar-refractivity contribution in [2.45, 2.75) is 6.92 Å². The van der Waals surface area contributed by atoms with Crippen molar-refractivity contribution in [1.82, 2.24) is 4.90 Å². The van der Waals surface area contributed by atoms with Gasteiger partial charge in [-0.3, -0.25) is 19.3 Å². The van der Waals surface area contributed by atoms with Crippen molar-refractivity contribution in [1.29, 1.82) is 0 Å². The van der Waals surface area contributed by atoms with Crippen LogP contribution in [0.4, 0.5) is 5.69 Å². The summed E-state index contributed by atoms with van der Waals surface area (Å²) in [4.78, 5) is 36.5. The maximum atomic E-state index is 11.8. The number of fused-ring (bicyclic) bond motifs is 1. The molecule has 1 aromatic carbocycles. The first-order valence-corrected chi connectivity index (χ1v) is 6.30. The van der Waals surface area contributed by atoms with Crippen LogP contribution in [0.2, 0.25) is 0 Å². The highest BCUT2D eigenvalue weighted by molar-refractivity contribution is 7.80. The highest BCUT2D eigenvalue weighted by Gasteiger charge is 2.32. The van der Waals surface area contributed by atoms with Crippen molar-refractivity contribution in [3.8, 4) is 0 Å². The molecule has 0 radical (unpaired) electrons. The fraction of sp³-hybridized carbons (Fsp3) is 0.231. The van der Waals surface area contributed by atoms with Crippen LogP contribution < -0.4 is 11.1 Å². The number of nitrogens with zero attached hydrogens (tertiary/aromatic N) is 1. The fourth-order valence-corrected chi connectivity index (χ4v) is 1.93. The molecule has 6 nitrogen and oxygen atoms in total. The molecule has 1 heterocycles. The Hall–Kier alpha value is -2.28. The summed E-state index contributed by atoms with van der Waals surface area (Å²) in [7, 11) is 1.41. The Morgan fingerprint density at radius 3 is 2.50 bits per heavy atom. The molecule has 2 rings (SSSR count). The minimum Gasteiger partial charge on any atom is -0.393 e. The molecule has 1 aliphatic heterocycles. The third-order valence-corrected chi connectivity index (χ3v) is 3.53. The van der Waals surface area contributed by atoms with Crippen molar-refractivity contribution in [3.63, 3.8) is 0 Å². The van der Waals surface area contributed by atoms with Gasteiger partial charge in [-0.25, -0.2) is 0 Å². The molecule has 3 N–H and O–H groups in total. The second-order valence-corrected chi connectivity index (χ2v) is 5.01. The summed E-state index contributed by atoms with van der Waals surface area (Å²) >= 11 is 4.75. The molecule has 0 bridgehead atoms. The molecule has 3 amide bonds. The Morgan fingerprint density at radius 1 is 1.30 bits per heavy atom. The third kappa shape index (κ3) is 2.27. The molecule has 1 unspecified atom stereocenters. The first kappa shape index (κ1) is 14.1. The number of carbonyl (C=O) groups excluding carboxylic acids is 3. The molecule has 0 saturated heterocycles. The third-order valence-electron chi connectivity index (χ3n) is 3.18. The summed E-state index contributed by atoms with van der Waals surface area (Å²) in [6.07, 6.45) is 0. The molecule has 1 aliphatic rings. The van der Waals surface area contributed by atoms with Gasteiger partial charge in [-0.15, -0.1) is 0 Å². The van der Waals surface area contributed by atoms with E-state index in [0.717, 1.165) is 4.90 Å². The monoisotopic (exact) mass is 291 g/mol. The van der Waals surface area contributed by atoms with Gasteiger partial charge in [0.05, 0.1) is 22.0 Å². The molecular weight excluding hydrogens is 278 g/mol. The number of rotatable bonds is 3. The lowest BCUT2D eigenvalue weighted by molar-refractivity contribution is -0.117. The number of carbonyl (C=O) groups is 3. The Bertz CT molecular complexity index is 642. The number of anilines is 1. The van der Waals surface area contributed by atoms with Crippen LogP contribution in [-0.2, 0) is 4.79 Å². The number of nitrogens with one attached hydrogen (secondary N) is 1. The average Bonchev–Trinajstić information content (AvgIpc) is 2.62. The van der Waals surface area contributed by atoms with Crippen LogP contribution in [0.5, 0.6) is 0 Å². The lowest BCUT2D eigenvalue weighted by Crippen LogP contribution is -2.30. The number of hydrogen-bond donors (Lipinski definition) is 2. The van der Waals surface area contributed by atoms with Gasteiger partial charge in [-0.05, 0) is 25.1 Å². The average molecular weight is 291 g/mol.